The molecule has 1 atom stereocenters. The molecule has 1 saturated carbocycles. The predicted octanol–water partition coefficient (Wildman–Crippen LogP) is 4.66. The molecule has 1 aliphatic heterocycles. The highest BCUT2D eigenvalue weighted by molar-refractivity contribution is 6.46. The molecule has 0 radical (unpaired) electrons. The molecule has 2 fully saturated rings. The summed E-state index contributed by atoms with van der Waals surface area (Å²) in [6.45, 7) is 6.15. The van der Waals surface area contributed by atoms with Gasteiger partial charge in [0.2, 0.25) is 0 Å². The molecule has 6 nitrogen and oxygen atoms in total. The van der Waals surface area contributed by atoms with Gasteiger partial charge in [-0.1, -0.05) is 12.8 Å². The number of amides is 1. The zero-order valence-corrected chi connectivity index (χ0v) is 17.6. The zero-order chi connectivity index (χ0) is 21.4. The molecule has 1 aromatic heterocycles. The highest BCUT2D eigenvalue weighted by Crippen LogP contribution is 2.44. The van der Waals surface area contributed by atoms with Crippen LogP contribution in [0.15, 0.2) is 40.3 Å². The van der Waals surface area contributed by atoms with E-state index in [2.05, 4.69) is 0 Å². The number of likely N-dealkylation sites (tertiary alicyclic amines) is 1. The quantitative estimate of drug-likeness (QED) is 0.441. The van der Waals surface area contributed by atoms with Crippen molar-refractivity contribution in [1.82, 2.24) is 4.90 Å². The first-order valence-electron chi connectivity index (χ1n) is 10.5. The Balaban J connectivity index is 1.83. The van der Waals surface area contributed by atoms with Gasteiger partial charge in [-0.25, -0.2) is 0 Å². The molecule has 1 aromatic carbocycles. The minimum absolute atomic E-state index is 0.0239. The van der Waals surface area contributed by atoms with Crippen molar-refractivity contribution in [2.45, 2.75) is 58.5 Å². The maximum atomic E-state index is 13.1. The predicted molar refractivity (Wildman–Crippen MR) is 112 cm³/mol. The van der Waals surface area contributed by atoms with Gasteiger partial charge in [0.1, 0.15) is 29.1 Å². The number of hydrogen-bond donors (Lipinski definition) is 1. The summed E-state index contributed by atoms with van der Waals surface area (Å²) >= 11 is 0. The van der Waals surface area contributed by atoms with Crippen molar-refractivity contribution in [3.05, 3.63) is 58.6 Å². The number of benzene rings is 1. The van der Waals surface area contributed by atoms with E-state index >= 15 is 0 Å². The molecule has 2 heterocycles. The molecule has 0 spiro atoms. The second-order valence-electron chi connectivity index (χ2n) is 8.01. The topological polar surface area (TPSA) is 80.0 Å². The lowest BCUT2D eigenvalue weighted by Gasteiger charge is -2.29. The van der Waals surface area contributed by atoms with Crippen molar-refractivity contribution >= 4 is 17.4 Å². The van der Waals surface area contributed by atoms with E-state index < -0.39 is 17.7 Å². The number of hydrogen-bond acceptors (Lipinski definition) is 5. The van der Waals surface area contributed by atoms with Gasteiger partial charge in [-0.15, -0.1) is 0 Å². The second-order valence-corrected chi connectivity index (χ2v) is 8.01. The van der Waals surface area contributed by atoms with Crippen LogP contribution in [0.4, 0.5) is 0 Å². The van der Waals surface area contributed by atoms with Crippen LogP contribution in [0.1, 0.15) is 61.3 Å². The Morgan fingerprint density at radius 1 is 1.17 bits per heavy atom. The fourth-order valence-corrected chi connectivity index (χ4v) is 4.56. The van der Waals surface area contributed by atoms with Crippen LogP contribution < -0.4 is 4.74 Å². The summed E-state index contributed by atoms with van der Waals surface area (Å²) in [6, 6.07) is 8.11. The van der Waals surface area contributed by atoms with Crippen LogP contribution in [0.25, 0.3) is 5.76 Å². The lowest BCUT2D eigenvalue weighted by molar-refractivity contribution is -0.141. The molecule has 4 rings (SSSR count). The van der Waals surface area contributed by atoms with Gasteiger partial charge in [-0.3, -0.25) is 9.59 Å². The van der Waals surface area contributed by atoms with E-state index in [0.29, 0.717) is 23.7 Å². The van der Waals surface area contributed by atoms with E-state index in [9.17, 15) is 14.7 Å². The fraction of sp³-hybridized carbons (Fsp3) is 0.417. The number of Topliss-reactive ketones (excluding diaryl/α,β-unsaturated/α-hetero) is 1. The minimum atomic E-state index is -0.714. The van der Waals surface area contributed by atoms with Crippen molar-refractivity contribution in [1.29, 1.82) is 0 Å². The lowest BCUT2D eigenvalue weighted by atomic mass is 9.98. The van der Waals surface area contributed by atoms with Crippen LogP contribution in [-0.2, 0) is 9.59 Å². The van der Waals surface area contributed by atoms with Gasteiger partial charge >= 0.3 is 0 Å². The number of ketones is 1. The first kappa shape index (κ1) is 20.3. The van der Waals surface area contributed by atoms with Crippen LogP contribution in [-0.4, -0.2) is 34.3 Å². The Kier molecular flexibility index (Phi) is 5.41. The lowest BCUT2D eigenvalue weighted by Crippen LogP contribution is -2.37. The maximum Gasteiger partial charge on any atom is 0.296 e. The number of rotatable bonds is 5. The van der Waals surface area contributed by atoms with Crippen molar-refractivity contribution in [2.24, 2.45) is 0 Å². The summed E-state index contributed by atoms with van der Waals surface area (Å²) in [5, 5.41) is 11.2. The summed E-state index contributed by atoms with van der Waals surface area (Å²) in [5.74, 6) is 0.509. The Morgan fingerprint density at radius 3 is 2.50 bits per heavy atom. The van der Waals surface area contributed by atoms with E-state index in [1.807, 2.05) is 26.8 Å². The molecular formula is C24H27NO5. The first-order valence-corrected chi connectivity index (χ1v) is 10.5. The van der Waals surface area contributed by atoms with E-state index in [4.69, 9.17) is 9.15 Å². The Labute approximate surface area is 176 Å². The van der Waals surface area contributed by atoms with Gasteiger partial charge in [0.15, 0.2) is 0 Å². The molecule has 1 saturated heterocycles. The summed E-state index contributed by atoms with van der Waals surface area (Å²) in [5.41, 5.74) is 1.41. The average Bonchev–Trinajstić information content (AvgIpc) is 3.44. The number of carbonyl (C=O) groups is 2. The molecule has 1 aliphatic carbocycles. The van der Waals surface area contributed by atoms with Crippen LogP contribution >= 0.6 is 0 Å². The monoisotopic (exact) mass is 409 g/mol. The summed E-state index contributed by atoms with van der Waals surface area (Å²) in [7, 11) is 0. The number of nitrogens with zero attached hydrogens (tertiary/aromatic N) is 1. The normalized spacial score (nSPS) is 21.6. The van der Waals surface area contributed by atoms with Crippen LogP contribution in [0.2, 0.25) is 0 Å². The molecule has 6 heteroatoms. The van der Waals surface area contributed by atoms with Crippen LogP contribution in [0, 0.1) is 13.8 Å². The molecule has 2 aromatic rings. The summed E-state index contributed by atoms with van der Waals surface area (Å²) in [6.07, 6.45) is 3.75. The summed E-state index contributed by atoms with van der Waals surface area (Å²) in [4.78, 5) is 27.7. The minimum Gasteiger partial charge on any atom is -0.507 e. The van der Waals surface area contributed by atoms with E-state index in [1.165, 1.54) is 0 Å². The number of aryl methyl sites for hydroxylation is 2. The third-order valence-electron chi connectivity index (χ3n) is 5.98. The molecule has 1 amide bonds. The van der Waals surface area contributed by atoms with Gasteiger partial charge in [0.25, 0.3) is 11.7 Å². The number of carbonyl (C=O) groups excluding carboxylic acids is 2. The highest BCUT2D eigenvalue weighted by Gasteiger charge is 2.50. The fourth-order valence-electron chi connectivity index (χ4n) is 4.56. The Hall–Kier alpha value is -3.02. The second kappa shape index (κ2) is 8.01. The molecule has 1 unspecified atom stereocenters. The third-order valence-corrected chi connectivity index (χ3v) is 5.98. The van der Waals surface area contributed by atoms with E-state index in [0.717, 1.165) is 37.0 Å². The van der Waals surface area contributed by atoms with Crippen molar-refractivity contribution < 1.29 is 23.8 Å². The first-order chi connectivity index (χ1) is 14.4. The largest absolute Gasteiger partial charge is 0.507 e. The van der Waals surface area contributed by atoms with Gasteiger partial charge in [0, 0.05) is 11.6 Å². The van der Waals surface area contributed by atoms with Crippen LogP contribution in [0.3, 0.4) is 0 Å². The Morgan fingerprint density at radius 2 is 1.90 bits per heavy atom. The average molecular weight is 409 g/mol. The van der Waals surface area contributed by atoms with Gasteiger partial charge in [-0.05, 0) is 69.5 Å². The molecule has 2 aliphatic rings. The number of aliphatic hydroxyl groups excluding tert-OH is 1. The van der Waals surface area contributed by atoms with Crippen molar-refractivity contribution in [3.63, 3.8) is 0 Å². The van der Waals surface area contributed by atoms with Gasteiger partial charge < -0.3 is 19.2 Å². The van der Waals surface area contributed by atoms with Crippen molar-refractivity contribution in [2.75, 3.05) is 6.61 Å². The summed E-state index contributed by atoms with van der Waals surface area (Å²) < 4.78 is 11.4. The highest BCUT2D eigenvalue weighted by atomic mass is 16.5. The Bertz CT molecular complexity index is 1010. The zero-order valence-electron chi connectivity index (χ0n) is 17.6. The third kappa shape index (κ3) is 3.40. The smallest absolute Gasteiger partial charge is 0.296 e. The van der Waals surface area contributed by atoms with Crippen molar-refractivity contribution in [3.8, 4) is 5.75 Å². The number of aliphatic hydroxyl groups is 1. The van der Waals surface area contributed by atoms with Crippen LogP contribution in [0.5, 0.6) is 5.75 Å². The molecule has 158 valence electrons. The SMILES string of the molecule is CCOc1ccc(/C(O)=C2/C(=O)C(=O)N(C3CCCC3)C2c2ccc(C)o2)cc1C. The number of furan rings is 1. The van der Waals surface area contributed by atoms with E-state index in [1.54, 1.807) is 29.2 Å². The molecule has 0 bridgehead atoms. The maximum absolute atomic E-state index is 13.1. The number of ether oxygens (including phenoxy) is 1. The molecule has 30 heavy (non-hydrogen) atoms. The standard InChI is InChI=1S/C24H27NO5/c1-4-29-18-12-10-16(13-14(18)2)22(26)20-21(19-11-9-15(3)30-19)25(24(28)23(20)27)17-7-5-6-8-17/h9-13,17,21,26H,4-8H2,1-3H3/b22-20-. The van der Waals surface area contributed by atoms with E-state index in [-0.39, 0.29) is 17.4 Å². The molecule has 1 N–H and O–H groups in total. The van der Waals surface area contributed by atoms with Gasteiger partial charge in [-0.2, -0.15) is 0 Å². The molecular weight excluding hydrogens is 382 g/mol. The van der Waals surface area contributed by atoms with Gasteiger partial charge in [0.05, 0.1) is 12.2 Å².